The van der Waals surface area contributed by atoms with E-state index in [0.29, 0.717) is 11.3 Å². The van der Waals surface area contributed by atoms with E-state index in [1.807, 2.05) is 0 Å². The van der Waals surface area contributed by atoms with Gasteiger partial charge in [0.15, 0.2) is 6.10 Å². The molecule has 0 saturated heterocycles. The monoisotopic (exact) mass is 374 g/mol. The number of aryl methyl sites for hydroxylation is 1. The van der Waals surface area contributed by atoms with Gasteiger partial charge in [-0.2, -0.15) is 0 Å². The number of hydrogen-bond acceptors (Lipinski definition) is 7. The van der Waals surface area contributed by atoms with E-state index in [2.05, 4.69) is 4.98 Å². The second kappa shape index (κ2) is 7.81. The van der Waals surface area contributed by atoms with Gasteiger partial charge in [0.05, 0.1) is 23.3 Å². The maximum Gasteiger partial charge on any atom is 0.345 e. The standard InChI is InChI=1S/C18H18N2O7/c1-9-14(18(23)26-4)10(2)19-15(9)16(21)11(3)27-17(22)12-7-5-6-8-13(12)20(24)25/h5-8,11,19H,1-4H3/t11-/m1/s1. The number of rotatable bonds is 6. The fourth-order valence-electron chi connectivity index (χ4n) is 2.69. The minimum Gasteiger partial charge on any atom is -0.465 e. The summed E-state index contributed by atoms with van der Waals surface area (Å²) >= 11 is 0. The number of carbonyl (C=O) groups is 3. The van der Waals surface area contributed by atoms with Gasteiger partial charge < -0.3 is 14.5 Å². The van der Waals surface area contributed by atoms with E-state index < -0.39 is 34.4 Å². The summed E-state index contributed by atoms with van der Waals surface area (Å²) in [7, 11) is 1.23. The van der Waals surface area contributed by atoms with E-state index in [1.54, 1.807) is 13.8 Å². The number of para-hydroxylation sites is 1. The maximum atomic E-state index is 12.6. The second-order valence-electron chi connectivity index (χ2n) is 5.80. The first kappa shape index (κ1) is 19.8. The van der Waals surface area contributed by atoms with Gasteiger partial charge in [-0.3, -0.25) is 14.9 Å². The normalized spacial score (nSPS) is 11.6. The molecule has 0 bridgehead atoms. The van der Waals surface area contributed by atoms with Gasteiger partial charge in [0, 0.05) is 11.8 Å². The first-order valence-electron chi connectivity index (χ1n) is 7.95. The number of Topliss-reactive ketones (excluding diaryl/α,β-unsaturated/α-hetero) is 1. The van der Waals surface area contributed by atoms with Crippen LogP contribution in [0.1, 0.15) is 49.4 Å². The van der Waals surface area contributed by atoms with E-state index in [9.17, 15) is 24.5 Å². The molecule has 27 heavy (non-hydrogen) atoms. The number of H-pyrrole nitrogens is 1. The molecule has 0 aliphatic carbocycles. The number of carbonyl (C=O) groups excluding carboxylic acids is 3. The van der Waals surface area contributed by atoms with E-state index in [-0.39, 0.29) is 16.8 Å². The molecule has 1 aromatic carbocycles. The molecule has 0 amide bonds. The summed E-state index contributed by atoms with van der Waals surface area (Å²) in [6, 6.07) is 5.29. The van der Waals surface area contributed by atoms with Gasteiger partial charge in [0.2, 0.25) is 5.78 Å². The molecular weight excluding hydrogens is 356 g/mol. The van der Waals surface area contributed by atoms with Crippen molar-refractivity contribution in [1.29, 1.82) is 0 Å². The number of nitro benzene ring substituents is 1. The van der Waals surface area contributed by atoms with Crippen molar-refractivity contribution in [3.8, 4) is 0 Å². The molecule has 1 N–H and O–H groups in total. The van der Waals surface area contributed by atoms with E-state index in [1.165, 1.54) is 38.3 Å². The number of nitrogens with one attached hydrogen (secondary N) is 1. The Hall–Kier alpha value is -3.49. The molecule has 2 rings (SSSR count). The molecule has 2 aromatic rings. The SMILES string of the molecule is COC(=O)c1c(C)[nH]c(C(=O)[C@@H](C)OC(=O)c2ccccc2[N+](=O)[O-])c1C. The zero-order valence-electron chi connectivity index (χ0n) is 15.2. The lowest BCUT2D eigenvalue weighted by Gasteiger charge is -2.12. The molecular formula is C18H18N2O7. The first-order chi connectivity index (χ1) is 12.7. The fraction of sp³-hybridized carbons (Fsp3) is 0.278. The van der Waals surface area contributed by atoms with Crippen LogP contribution < -0.4 is 0 Å². The third-order valence-corrected chi connectivity index (χ3v) is 4.05. The Labute approximate surface area is 154 Å². The Morgan fingerprint density at radius 2 is 1.78 bits per heavy atom. The van der Waals surface area contributed by atoms with Gasteiger partial charge >= 0.3 is 11.9 Å². The molecule has 0 aliphatic heterocycles. The van der Waals surface area contributed by atoms with Crippen molar-refractivity contribution in [2.45, 2.75) is 26.9 Å². The van der Waals surface area contributed by atoms with Gasteiger partial charge in [0.25, 0.3) is 5.69 Å². The van der Waals surface area contributed by atoms with Crippen molar-refractivity contribution in [1.82, 2.24) is 4.98 Å². The summed E-state index contributed by atoms with van der Waals surface area (Å²) in [4.78, 5) is 49.8. The summed E-state index contributed by atoms with van der Waals surface area (Å²) in [5.74, 6) is -2.15. The lowest BCUT2D eigenvalue weighted by atomic mass is 10.1. The Balaban J connectivity index is 2.26. The predicted octanol–water partition coefficient (Wildman–Crippen LogP) is 2.75. The summed E-state index contributed by atoms with van der Waals surface area (Å²) in [6.45, 7) is 4.53. The quantitative estimate of drug-likeness (QED) is 0.356. The topological polar surface area (TPSA) is 129 Å². The Morgan fingerprint density at radius 1 is 1.15 bits per heavy atom. The number of hydrogen-bond donors (Lipinski definition) is 1. The second-order valence-corrected chi connectivity index (χ2v) is 5.80. The Bertz CT molecular complexity index is 930. The summed E-state index contributed by atoms with van der Waals surface area (Å²) in [5, 5.41) is 11.0. The summed E-state index contributed by atoms with van der Waals surface area (Å²) < 4.78 is 9.80. The van der Waals surface area contributed by atoms with E-state index >= 15 is 0 Å². The van der Waals surface area contributed by atoms with Gasteiger partial charge in [-0.05, 0) is 32.4 Å². The van der Waals surface area contributed by atoms with Crippen molar-refractivity contribution in [3.63, 3.8) is 0 Å². The first-order valence-corrected chi connectivity index (χ1v) is 7.95. The molecule has 1 atom stereocenters. The molecule has 142 valence electrons. The summed E-state index contributed by atoms with van der Waals surface area (Å²) in [5.41, 5.74) is 0.491. The number of aromatic nitrogens is 1. The maximum absolute atomic E-state index is 12.6. The fourth-order valence-corrected chi connectivity index (χ4v) is 2.69. The van der Waals surface area contributed by atoms with Crippen LogP contribution >= 0.6 is 0 Å². The Morgan fingerprint density at radius 3 is 2.37 bits per heavy atom. The predicted molar refractivity (Wildman–Crippen MR) is 93.9 cm³/mol. The van der Waals surface area contributed by atoms with E-state index in [4.69, 9.17) is 9.47 Å². The highest BCUT2D eigenvalue weighted by Gasteiger charge is 2.29. The lowest BCUT2D eigenvalue weighted by Crippen LogP contribution is -2.25. The van der Waals surface area contributed by atoms with Gasteiger partial charge in [0.1, 0.15) is 5.56 Å². The van der Waals surface area contributed by atoms with Crippen LogP contribution in [0.4, 0.5) is 5.69 Å². The van der Waals surface area contributed by atoms with E-state index in [0.717, 1.165) is 0 Å². The largest absolute Gasteiger partial charge is 0.465 e. The number of ether oxygens (including phenoxy) is 2. The number of aromatic amines is 1. The van der Waals surface area contributed by atoms with Gasteiger partial charge in [-0.25, -0.2) is 9.59 Å². The minimum atomic E-state index is -1.22. The average molecular weight is 374 g/mol. The molecule has 1 heterocycles. The van der Waals surface area contributed by atoms with Gasteiger partial charge in [-0.15, -0.1) is 0 Å². The number of nitro groups is 1. The molecule has 0 spiro atoms. The van der Waals surface area contributed by atoms with Crippen LogP contribution in [0.25, 0.3) is 0 Å². The number of benzene rings is 1. The molecule has 9 nitrogen and oxygen atoms in total. The molecule has 0 fully saturated rings. The number of esters is 2. The highest BCUT2D eigenvalue weighted by molar-refractivity contribution is 6.05. The third kappa shape index (κ3) is 3.86. The van der Waals surface area contributed by atoms with Crippen LogP contribution in [0.2, 0.25) is 0 Å². The average Bonchev–Trinajstić information content (AvgIpc) is 2.94. The smallest absolute Gasteiger partial charge is 0.345 e. The van der Waals surface area contributed by atoms with Crippen LogP contribution in [-0.2, 0) is 9.47 Å². The molecule has 0 unspecified atom stereocenters. The van der Waals surface area contributed by atoms with Crippen LogP contribution in [0.15, 0.2) is 24.3 Å². The van der Waals surface area contributed by atoms with Crippen molar-refractivity contribution >= 4 is 23.4 Å². The zero-order chi connectivity index (χ0) is 20.3. The van der Waals surface area contributed by atoms with Crippen molar-refractivity contribution in [2.75, 3.05) is 7.11 Å². The molecule has 0 aliphatic rings. The van der Waals surface area contributed by atoms with Crippen LogP contribution in [0.3, 0.4) is 0 Å². The number of nitrogens with zero attached hydrogens (tertiary/aromatic N) is 1. The zero-order valence-corrected chi connectivity index (χ0v) is 15.2. The third-order valence-electron chi connectivity index (χ3n) is 4.05. The minimum absolute atomic E-state index is 0.107. The summed E-state index contributed by atoms with van der Waals surface area (Å²) in [6.07, 6.45) is -1.22. The lowest BCUT2D eigenvalue weighted by molar-refractivity contribution is -0.385. The highest BCUT2D eigenvalue weighted by atomic mass is 16.6. The molecule has 0 radical (unpaired) electrons. The molecule has 1 aromatic heterocycles. The number of methoxy groups -OCH3 is 1. The van der Waals surface area contributed by atoms with Crippen molar-refractivity contribution in [2.24, 2.45) is 0 Å². The Kier molecular flexibility index (Phi) is 5.74. The molecule has 0 saturated carbocycles. The number of ketones is 1. The van der Waals surface area contributed by atoms with Crippen LogP contribution in [-0.4, -0.2) is 40.8 Å². The molecule has 9 heteroatoms. The van der Waals surface area contributed by atoms with Crippen LogP contribution in [0.5, 0.6) is 0 Å². The van der Waals surface area contributed by atoms with Crippen molar-refractivity contribution < 1.29 is 28.8 Å². The van der Waals surface area contributed by atoms with Gasteiger partial charge in [-0.1, -0.05) is 12.1 Å². The van der Waals surface area contributed by atoms with Crippen molar-refractivity contribution in [3.05, 3.63) is 62.5 Å². The highest BCUT2D eigenvalue weighted by Crippen LogP contribution is 2.22. The van der Waals surface area contributed by atoms with Crippen LogP contribution in [0, 0.1) is 24.0 Å².